The van der Waals surface area contributed by atoms with Gasteiger partial charge in [0, 0.05) is 5.92 Å². The number of para-hydroxylation sites is 1. The van der Waals surface area contributed by atoms with Gasteiger partial charge in [0.2, 0.25) is 5.78 Å². The van der Waals surface area contributed by atoms with E-state index in [1.807, 2.05) is 48.5 Å². The number of aromatic nitrogens is 2. The van der Waals surface area contributed by atoms with E-state index in [9.17, 15) is 9.59 Å². The number of pyridine rings is 1. The van der Waals surface area contributed by atoms with Crippen LogP contribution in [-0.2, 0) is 17.6 Å². The number of nitrogens with zero attached hydrogens (tertiary/aromatic N) is 2. The quantitative estimate of drug-likeness (QED) is 0.311. The summed E-state index contributed by atoms with van der Waals surface area (Å²) >= 11 is 0. The van der Waals surface area contributed by atoms with Crippen LogP contribution >= 0.6 is 0 Å². The molecule has 5 rings (SSSR count). The molecule has 4 aromatic rings. The number of ketones is 1. The third kappa shape index (κ3) is 4.25. The monoisotopic (exact) mass is 440 g/mol. The molecule has 0 spiro atoms. The maximum Gasteiger partial charge on any atom is 0.356 e. The topological polar surface area (TPSA) is 91.5 Å². The molecule has 0 unspecified atom stereocenters. The van der Waals surface area contributed by atoms with E-state index in [0.717, 1.165) is 22.6 Å². The first kappa shape index (κ1) is 20.6. The van der Waals surface area contributed by atoms with Gasteiger partial charge in [-0.1, -0.05) is 30.3 Å². The summed E-state index contributed by atoms with van der Waals surface area (Å²) in [6.45, 7) is 0. The highest BCUT2D eigenvalue weighted by atomic mass is 16.5. The predicted octanol–water partition coefficient (Wildman–Crippen LogP) is 4.91. The summed E-state index contributed by atoms with van der Waals surface area (Å²) in [6, 6.07) is 20.4. The van der Waals surface area contributed by atoms with E-state index in [2.05, 4.69) is 9.97 Å². The summed E-state index contributed by atoms with van der Waals surface area (Å²) in [5, 5.41) is 0. The average Bonchev–Trinajstić information content (AvgIpc) is 3.51. The van der Waals surface area contributed by atoms with E-state index in [0.29, 0.717) is 24.3 Å². The normalized spacial score (nSPS) is 14.5. The highest BCUT2D eigenvalue weighted by Gasteiger charge is 2.31. The number of ether oxygens (including phenoxy) is 2. The molecule has 1 atom stereocenters. The Balaban J connectivity index is 1.30. The smallest absolute Gasteiger partial charge is 0.356 e. The zero-order chi connectivity index (χ0) is 22.8. The van der Waals surface area contributed by atoms with Gasteiger partial charge in [-0.2, -0.15) is 0 Å². The number of rotatable bonds is 6. The summed E-state index contributed by atoms with van der Waals surface area (Å²) in [6.07, 6.45) is 2.66. The van der Waals surface area contributed by atoms with Crippen molar-refractivity contribution >= 4 is 11.8 Å². The van der Waals surface area contributed by atoms with Crippen molar-refractivity contribution in [3.63, 3.8) is 0 Å². The first-order valence-electron chi connectivity index (χ1n) is 10.5. The molecule has 1 aliphatic rings. The van der Waals surface area contributed by atoms with Crippen molar-refractivity contribution in [2.45, 2.75) is 12.8 Å². The van der Waals surface area contributed by atoms with Crippen LogP contribution in [-0.4, -0.2) is 28.8 Å². The van der Waals surface area contributed by atoms with Crippen molar-refractivity contribution in [1.82, 2.24) is 9.97 Å². The van der Waals surface area contributed by atoms with Gasteiger partial charge >= 0.3 is 5.97 Å². The predicted molar refractivity (Wildman–Crippen MR) is 119 cm³/mol. The van der Waals surface area contributed by atoms with Gasteiger partial charge < -0.3 is 13.9 Å². The van der Waals surface area contributed by atoms with E-state index < -0.39 is 5.97 Å². The summed E-state index contributed by atoms with van der Waals surface area (Å²) in [5.41, 5.74) is 2.76. The second-order valence-corrected chi connectivity index (χ2v) is 7.74. The Morgan fingerprint density at radius 2 is 1.76 bits per heavy atom. The van der Waals surface area contributed by atoms with Gasteiger partial charge in [-0.3, -0.25) is 4.79 Å². The van der Waals surface area contributed by atoms with Gasteiger partial charge in [0.05, 0.1) is 13.3 Å². The van der Waals surface area contributed by atoms with Gasteiger partial charge in [-0.15, -0.1) is 0 Å². The number of hydrogen-bond acceptors (Lipinski definition) is 7. The van der Waals surface area contributed by atoms with E-state index in [1.54, 1.807) is 18.2 Å². The maximum absolute atomic E-state index is 13.1. The summed E-state index contributed by atoms with van der Waals surface area (Å²) in [4.78, 5) is 33.2. The number of Topliss-reactive ketones (excluding diaryl/α,β-unsaturated/α-hetero) is 1. The van der Waals surface area contributed by atoms with Crippen molar-refractivity contribution in [3.8, 4) is 23.0 Å². The standard InChI is InChI=1S/C26H20N2O5/c1-31-26(30)22-9-5-8-21(28-22)23-15-27-25(33-23)24(29)18-12-16-10-11-20(14-17(16)13-18)32-19-6-3-2-4-7-19/h2-11,14-15,18H,12-13H2,1H3/t18-/m1/s1. The molecule has 0 amide bonds. The highest BCUT2D eigenvalue weighted by molar-refractivity contribution is 5.95. The van der Waals surface area contributed by atoms with Crippen LogP contribution in [0.25, 0.3) is 11.5 Å². The number of esters is 1. The molecule has 1 aliphatic carbocycles. The summed E-state index contributed by atoms with van der Waals surface area (Å²) in [7, 11) is 1.29. The molecule has 0 saturated carbocycles. The van der Waals surface area contributed by atoms with E-state index in [-0.39, 0.29) is 23.3 Å². The lowest BCUT2D eigenvalue weighted by Gasteiger charge is -2.07. The number of hydrogen-bond donors (Lipinski definition) is 0. The van der Waals surface area contributed by atoms with Crippen LogP contribution < -0.4 is 4.74 Å². The fourth-order valence-electron chi connectivity index (χ4n) is 3.94. The fraction of sp³-hybridized carbons (Fsp3) is 0.154. The minimum Gasteiger partial charge on any atom is -0.464 e. The third-order valence-corrected chi connectivity index (χ3v) is 5.57. The van der Waals surface area contributed by atoms with Crippen LogP contribution in [0.2, 0.25) is 0 Å². The SMILES string of the molecule is COC(=O)c1cccc(-c2cnc(C(=O)[C@@H]3Cc4ccc(Oc5ccccc5)cc4C3)o2)n1. The van der Waals surface area contributed by atoms with Crippen molar-refractivity contribution in [2.24, 2.45) is 5.92 Å². The largest absolute Gasteiger partial charge is 0.464 e. The minimum absolute atomic E-state index is 0.0360. The van der Waals surface area contributed by atoms with Crippen molar-refractivity contribution in [1.29, 1.82) is 0 Å². The van der Waals surface area contributed by atoms with Crippen LogP contribution in [0, 0.1) is 5.92 Å². The van der Waals surface area contributed by atoms with Crippen LogP contribution in [0.3, 0.4) is 0 Å². The molecule has 0 aliphatic heterocycles. The molecule has 2 aromatic carbocycles. The molecule has 7 heteroatoms. The Labute approximate surface area is 190 Å². The molecule has 164 valence electrons. The van der Waals surface area contributed by atoms with Crippen LogP contribution in [0.1, 0.15) is 32.3 Å². The molecular weight excluding hydrogens is 420 g/mol. The van der Waals surface area contributed by atoms with Crippen LogP contribution in [0.15, 0.2) is 77.3 Å². The highest BCUT2D eigenvalue weighted by Crippen LogP contribution is 2.33. The molecule has 2 aromatic heterocycles. The number of methoxy groups -OCH3 is 1. The first-order valence-corrected chi connectivity index (χ1v) is 10.5. The van der Waals surface area contributed by atoms with Crippen molar-refractivity contribution < 1.29 is 23.5 Å². The molecular formula is C26H20N2O5. The Morgan fingerprint density at radius 1 is 0.939 bits per heavy atom. The number of benzene rings is 2. The Bertz CT molecular complexity index is 1330. The third-order valence-electron chi connectivity index (χ3n) is 5.57. The Morgan fingerprint density at radius 3 is 2.58 bits per heavy atom. The lowest BCUT2D eigenvalue weighted by atomic mass is 10.0. The van der Waals surface area contributed by atoms with Crippen LogP contribution in [0.4, 0.5) is 0 Å². The lowest BCUT2D eigenvalue weighted by molar-refractivity contribution is 0.0594. The lowest BCUT2D eigenvalue weighted by Crippen LogP contribution is -2.15. The summed E-state index contributed by atoms with van der Waals surface area (Å²) in [5.74, 6) is 0.891. The van der Waals surface area contributed by atoms with Gasteiger partial charge in [0.25, 0.3) is 5.89 Å². The second-order valence-electron chi connectivity index (χ2n) is 7.74. The number of fused-ring (bicyclic) bond motifs is 1. The number of oxazole rings is 1. The second kappa shape index (κ2) is 8.70. The van der Waals surface area contributed by atoms with Crippen LogP contribution in [0.5, 0.6) is 11.5 Å². The van der Waals surface area contributed by atoms with Gasteiger partial charge in [0.1, 0.15) is 22.9 Å². The van der Waals surface area contributed by atoms with Crippen molar-refractivity contribution in [2.75, 3.05) is 7.11 Å². The Hall–Kier alpha value is -4.26. The van der Waals surface area contributed by atoms with Gasteiger partial charge in [-0.05, 0) is 60.4 Å². The first-order chi connectivity index (χ1) is 16.1. The van der Waals surface area contributed by atoms with Gasteiger partial charge in [0.15, 0.2) is 5.76 Å². The number of carbonyl (C=O) groups excluding carboxylic acids is 2. The number of carbonyl (C=O) groups is 2. The molecule has 0 N–H and O–H groups in total. The molecule has 0 bridgehead atoms. The van der Waals surface area contributed by atoms with Crippen molar-refractivity contribution in [3.05, 3.63) is 95.6 Å². The van der Waals surface area contributed by atoms with E-state index in [1.165, 1.54) is 13.3 Å². The molecule has 0 saturated heterocycles. The molecule has 0 radical (unpaired) electrons. The molecule has 33 heavy (non-hydrogen) atoms. The van der Waals surface area contributed by atoms with E-state index >= 15 is 0 Å². The maximum atomic E-state index is 13.1. The molecule has 0 fully saturated rings. The van der Waals surface area contributed by atoms with E-state index in [4.69, 9.17) is 13.9 Å². The molecule has 2 heterocycles. The van der Waals surface area contributed by atoms with Gasteiger partial charge in [-0.25, -0.2) is 14.8 Å². The average molecular weight is 440 g/mol. The minimum atomic E-state index is -0.549. The zero-order valence-corrected chi connectivity index (χ0v) is 17.9. The zero-order valence-electron chi connectivity index (χ0n) is 17.9. The Kier molecular flexibility index (Phi) is 5.44. The summed E-state index contributed by atoms with van der Waals surface area (Å²) < 4.78 is 16.3. The fourth-order valence-corrected chi connectivity index (χ4v) is 3.94. The molecule has 7 nitrogen and oxygen atoms in total.